The number of thioether (sulfide) groups is 1. The second kappa shape index (κ2) is 6.64. The SMILES string of the molecule is CCS/C(=C(/C=NC)c1ccccc1)C(F)(F)F. The summed E-state index contributed by atoms with van der Waals surface area (Å²) in [7, 11) is 1.47. The van der Waals surface area contributed by atoms with Crippen molar-refractivity contribution in [2.24, 2.45) is 4.99 Å². The Morgan fingerprint density at radius 3 is 2.33 bits per heavy atom. The van der Waals surface area contributed by atoms with Crippen molar-refractivity contribution in [2.75, 3.05) is 12.8 Å². The third kappa shape index (κ3) is 3.91. The minimum absolute atomic E-state index is 0.123. The molecule has 0 spiro atoms. The predicted molar refractivity (Wildman–Crippen MR) is 72.0 cm³/mol. The van der Waals surface area contributed by atoms with E-state index in [9.17, 15) is 13.2 Å². The summed E-state index contributed by atoms with van der Waals surface area (Å²) in [5, 5.41) is 0. The molecule has 1 aromatic rings. The maximum absolute atomic E-state index is 13.0. The Morgan fingerprint density at radius 2 is 1.89 bits per heavy atom. The van der Waals surface area contributed by atoms with Gasteiger partial charge in [-0.1, -0.05) is 37.3 Å². The molecular weight excluding hydrogens is 259 g/mol. The molecule has 1 aromatic carbocycles. The van der Waals surface area contributed by atoms with Gasteiger partial charge in [0.2, 0.25) is 0 Å². The lowest BCUT2D eigenvalue weighted by Gasteiger charge is -2.14. The van der Waals surface area contributed by atoms with E-state index in [4.69, 9.17) is 0 Å². The summed E-state index contributed by atoms with van der Waals surface area (Å²) in [5.74, 6) is 0.364. The average Bonchev–Trinajstić information content (AvgIpc) is 2.33. The first-order valence-corrected chi connectivity index (χ1v) is 6.41. The van der Waals surface area contributed by atoms with E-state index in [1.54, 1.807) is 37.3 Å². The van der Waals surface area contributed by atoms with Crippen LogP contribution in [0.1, 0.15) is 12.5 Å². The number of hydrogen-bond donors (Lipinski definition) is 0. The fourth-order valence-corrected chi connectivity index (χ4v) is 2.25. The van der Waals surface area contributed by atoms with Gasteiger partial charge in [0.25, 0.3) is 0 Å². The van der Waals surface area contributed by atoms with E-state index in [0.29, 0.717) is 11.3 Å². The minimum Gasteiger partial charge on any atom is -0.296 e. The standard InChI is InChI=1S/C13H14F3NS/c1-3-18-12(13(14,15)16)11(9-17-2)10-7-5-4-6-8-10/h4-9H,3H2,1-2H3/b12-11-,17-9?. The van der Waals surface area contributed by atoms with Gasteiger partial charge in [0, 0.05) is 18.8 Å². The number of benzene rings is 1. The van der Waals surface area contributed by atoms with Crippen LogP contribution in [0.4, 0.5) is 13.2 Å². The van der Waals surface area contributed by atoms with E-state index >= 15 is 0 Å². The van der Waals surface area contributed by atoms with Crippen molar-refractivity contribution in [2.45, 2.75) is 13.1 Å². The van der Waals surface area contributed by atoms with E-state index in [2.05, 4.69) is 4.99 Å². The second-order valence-corrected chi connectivity index (χ2v) is 4.70. The van der Waals surface area contributed by atoms with Gasteiger partial charge in [-0.05, 0) is 11.3 Å². The number of nitrogens with zero attached hydrogens (tertiary/aromatic N) is 1. The van der Waals surface area contributed by atoms with Crippen LogP contribution in [0.2, 0.25) is 0 Å². The van der Waals surface area contributed by atoms with Gasteiger partial charge in [0.05, 0.1) is 4.91 Å². The highest BCUT2D eigenvalue weighted by Gasteiger charge is 2.36. The van der Waals surface area contributed by atoms with E-state index in [1.807, 2.05) is 0 Å². The summed E-state index contributed by atoms with van der Waals surface area (Å²) in [5.41, 5.74) is 0.647. The summed E-state index contributed by atoms with van der Waals surface area (Å²) in [4.78, 5) is 3.14. The van der Waals surface area contributed by atoms with Crippen molar-refractivity contribution in [1.82, 2.24) is 0 Å². The highest BCUT2D eigenvalue weighted by molar-refractivity contribution is 8.03. The van der Waals surface area contributed by atoms with E-state index in [1.165, 1.54) is 13.3 Å². The van der Waals surface area contributed by atoms with Crippen molar-refractivity contribution in [1.29, 1.82) is 0 Å². The Bertz CT molecular complexity index is 435. The molecule has 0 aliphatic heterocycles. The molecule has 0 radical (unpaired) electrons. The molecule has 0 fully saturated rings. The first-order valence-electron chi connectivity index (χ1n) is 5.42. The van der Waals surface area contributed by atoms with Crippen LogP contribution in [-0.2, 0) is 0 Å². The zero-order valence-corrected chi connectivity index (χ0v) is 11.0. The van der Waals surface area contributed by atoms with Gasteiger partial charge >= 0.3 is 6.18 Å². The largest absolute Gasteiger partial charge is 0.422 e. The molecule has 0 amide bonds. The van der Waals surface area contributed by atoms with E-state index < -0.39 is 11.1 Å². The molecule has 0 saturated carbocycles. The number of alkyl halides is 3. The normalized spacial score (nSPS) is 13.8. The Balaban J connectivity index is 3.39. The van der Waals surface area contributed by atoms with Crippen molar-refractivity contribution in [3.8, 4) is 0 Å². The molecule has 0 N–H and O–H groups in total. The van der Waals surface area contributed by atoms with Crippen LogP contribution >= 0.6 is 11.8 Å². The quantitative estimate of drug-likeness (QED) is 0.740. The van der Waals surface area contributed by atoms with Gasteiger partial charge in [-0.25, -0.2) is 0 Å². The molecule has 18 heavy (non-hydrogen) atoms. The first-order chi connectivity index (χ1) is 8.50. The molecule has 0 bridgehead atoms. The molecule has 1 nitrogen and oxygen atoms in total. The Kier molecular flexibility index (Phi) is 5.47. The molecule has 0 atom stereocenters. The number of halogens is 3. The zero-order chi connectivity index (χ0) is 13.6. The number of aliphatic imine (C=N–C) groups is 1. The summed E-state index contributed by atoms with van der Waals surface area (Å²) in [6, 6.07) is 8.50. The second-order valence-electron chi connectivity index (χ2n) is 3.43. The van der Waals surface area contributed by atoms with Gasteiger partial charge in [-0.2, -0.15) is 13.2 Å². The Hall–Kier alpha value is -1.23. The molecule has 0 aromatic heterocycles. The lowest BCUT2D eigenvalue weighted by molar-refractivity contribution is -0.0829. The fraction of sp³-hybridized carbons (Fsp3) is 0.308. The highest BCUT2D eigenvalue weighted by Crippen LogP contribution is 2.39. The van der Waals surface area contributed by atoms with Gasteiger partial charge in [0.1, 0.15) is 0 Å². The Labute approximate surface area is 109 Å². The van der Waals surface area contributed by atoms with Crippen LogP contribution in [-0.4, -0.2) is 25.2 Å². The summed E-state index contributed by atoms with van der Waals surface area (Å²) in [6.07, 6.45) is -3.09. The molecule has 98 valence electrons. The van der Waals surface area contributed by atoms with Crippen molar-refractivity contribution < 1.29 is 13.2 Å². The maximum Gasteiger partial charge on any atom is 0.422 e. The molecule has 0 aliphatic rings. The van der Waals surface area contributed by atoms with Crippen LogP contribution in [0.15, 0.2) is 40.2 Å². The average molecular weight is 273 g/mol. The van der Waals surface area contributed by atoms with E-state index in [0.717, 1.165) is 11.8 Å². The van der Waals surface area contributed by atoms with Gasteiger partial charge in [-0.15, -0.1) is 11.8 Å². The number of hydrogen-bond acceptors (Lipinski definition) is 2. The molecular formula is C13H14F3NS. The molecule has 0 heterocycles. The van der Waals surface area contributed by atoms with E-state index in [-0.39, 0.29) is 5.57 Å². The van der Waals surface area contributed by atoms with Crippen LogP contribution in [0.25, 0.3) is 5.57 Å². The van der Waals surface area contributed by atoms with Crippen molar-refractivity contribution >= 4 is 23.5 Å². The van der Waals surface area contributed by atoms with Crippen molar-refractivity contribution in [3.05, 3.63) is 40.8 Å². The minimum atomic E-state index is -4.35. The van der Waals surface area contributed by atoms with Gasteiger partial charge in [-0.3, -0.25) is 4.99 Å². The Morgan fingerprint density at radius 1 is 1.28 bits per heavy atom. The summed E-state index contributed by atoms with van der Waals surface area (Å²) < 4.78 is 39.1. The van der Waals surface area contributed by atoms with Crippen molar-refractivity contribution in [3.63, 3.8) is 0 Å². The highest BCUT2D eigenvalue weighted by atomic mass is 32.2. The van der Waals surface area contributed by atoms with Gasteiger partial charge in [0.15, 0.2) is 0 Å². The third-order valence-corrected chi connectivity index (χ3v) is 3.16. The molecule has 0 unspecified atom stereocenters. The monoisotopic (exact) mass is 273 g/mol. The summed E-state index contributed by atoms with van der Waals surface area (Å²) >= 11 is 0.790. The first kappa shape index (κ1) is 14.8. The lowest BCUT2D eigenvalue weighted by Crippen LogP contribution is -2.12. The van der Waals surface area contributed by atoms with Gasteiger partial charge < -0.3 is 0 Å². The summed E-state index contributed by atoms with van der Waals surface area (Å²) in [6.45, 7) is 1.70. The predicted octanol–water partition coefficient (Wildman–Crippen LogP) is 4.41. The molecule has 0 saturated heterocycles. The topological polar surface area (TPSA) is 12.4 Å². The fourth-order valence-electron chi connectivity index (χ4n) is 1.47. The molecule has 5 heteroatoms. The van der Waals surface area contributed by atoms with Crippen LogP contribution in [0.5, 0.6) is 0 Å². The van der Waals surface area contributed by atoms with Crippen LogP contribution in [0, 0.1) is 0 Å². The molecule has 1 rings (SSSR count). The number of allylic oxidation sites excluding steroid dienone is 2. The maximum atomic E-state index is 13.0. The van der Waals surface area contributed by atoms with Crippen LogP contribution < -0.4 is 0 Å². The smallest absolute Gasteiger partial charge is 0.296 e. The lowest BCUT2D eigenvalue weighted by atomic mass is 10.1. The zero-order valence-electron chi connectivity index (χ0n) is 10.2. The molecule has 0 aliphatic carbocycles. The third-order valence-electron chi connectivity index (χ3n) is 2.13. The number of rotatable bonds is 4. The van der Waals surface area contributed by atoms with Crippen LogP contribution in [0.3, 0.4) is 0 Å².